The molecule has 1 atom stereocenters. The Morgan fingerprint density at radius 2 is 2.17 bits per heavy atom. The largest absolute Gasteiger partial charge is 0.465 e. The fraction of sp³-hybridized carbons (Fsp3) is 0.308. The third-order valence-corrected chi connectivity index (χ3v) is 2.37. The lowest BCUT2D eigenvalue weighted by atomic mass is 9.94. The lowest BCUT2D eigenvalue weighted by Crippen LogP contribution is -2.23. The first-order valence-electron chi connectivity index (χ1n) is 5.37. The molecule has 1 aromatic rings. The molecule has 0 aromatic heterocycles. The molecule has 0 aliphatic carbocycles. The van der Waals surface area contributed by atoms with Gasteiger partial charge in [-0.1, -0.05) is 6.07 Å². The van der Waals surface area contributed by atoms with Crippen LogP contribution in [0.4, 0.5) is 4.39 Å². The Hall–Kier alpha value is -2.22. The first kappa shape index (κ1) is 13.8. The highest BCUT2D eigenvalue weighted by molar-refractivity contribution is 6.03. The number of rotatable bonds is 4. The van der Waals surface area contributed by atoms with E-state index in [9.17, 15) is 14.0 Å². The Morgan fingerprint density at radius 3 is 2.61 bits per heavy atom. The van der Waals surface area contributed by atoms with Gasteiger partial charge in [-0.15, -0.1) is 0 Å². The van der Waals surface area contributed by atoms with Crippen LogP contribution in [-0.4, -0.2) is 18.4 Å². The number of nitriles is 1. The third kappa shape index (κ3) is 2.92. The van der Waals surface area contributed by atoms with Crippen LogP contribution in [0.3, 0.4) is 0 Å². The number of hydrogen-bond donors (Lipinski definition) is 0. The summed E-state index contributed by atoms with van der Waals surface area (Å²) in [7, 11) is 0. The standard InChI is InChI=1S/C13H12FNO3/c1-3-18-13(17)12(8(2)16)10-5-4-9(7-15)6-11(10)14/h4-6,12H,3H2,1-2H3. The predicted molar refractivity (Wildman–Crippen MR) is 61.2 cm³/mol. The molecule has 0 fully saturated rings. The maximum Gasteiger partial charge on any atom is 0.321 e. The zero-order chi connectivity index (χ0) is 13.7. The highest BCUT2D eigenvalue weighted by atomic mass is 19.1. The second-order valence-corrected chi connectivity index (χ2v) is 3.64. The molecule has 0 bridgehead atoms. The van der Waals surface area contributed by atoms with Crippen molar-refractivity contribution in [2.45, 2.75) is 19.8 Å². The molecule has 0 aliphatic rings. The molecule has 0 saturated heterocycles. The molecule has 18 heavy (non-hydrogen) atoms. The molecular formula is C13H12FNO3. The highest BCUT2D eigenvalue weighted by Crippen LogP contribution is 2.23. The second-order valence-electron chi connectivity index (χ2n) is 3.64. The van der Waals surface area contributed by atoms with Gasteiger partial charge in [-0.2, -0.15) is 5.26 Å². The summed E-state index contributed by atoms with van der Waals surface area (Å²) in [6.45, 7) is 2.91. The van der Waals surface area contributed by atoms with Gasteiger partial charge in [0.05, 0.1) is 18.2 Å². The molecule has 1 unspecified atom stereocenters. The van der Waals surface area contributed by atoms with E-state index < -0.39 is 23.5 Å². The SMILES string of the molecule is CCOC(=O)C(C(C)=O)c1ccc(C#N)cc1F. The van der Waals surface area contributed by atoms with Crippen molar-refractivity contribution in [1.82, 2.24) is 0 Å². The summed E-state index contributed by atoms with van der Waals surface area (Å²) in [4.78, 5) is 23.1. The second kappa shape index (κ2) is 5.92. The van der Waals surface area contributed by atoms with E-state index in [1.54, 1.807) is 13.0 Å². The van der Waals surface area contributed by atoms with Crippen molar-refractivity contribution in [2.24, 2.45) is 0 Å². The van der Waals surface area contributed by atoms with E-state index >= 15 is 0 Å². The molecule has 1 rings (SSSR count). The van der Waals surface area contributed by atoms with Crippen molar-refractivity contribution in [2.75, 3.05) is 6.61 Å². The minimum Gasteiger partial charge on any atom is -0.465 e. The van der Waals surface area contributed by atoms with Crippen LogP contribution in [0.1, 0.15) is 30.9 Å². The number of ketones is 1. The number of halogens is 1. The summed E-state index contributed by atoms with van der Waals surface area (Å²) in [5.74, 6) is -3.33. The summed E-state index contributed by atoms with van der Waals surface area (Å²) in [5, 5.41) is 8.62. The fourth-order valence-electron chi connectivity index (χ4n) is 1.57. The van der Waals surface area contributed by atoms with Gasteiger partial charge in [-0.25, -0.2) is 4.39 Å². The lowest BCUT2D eigenvalue weighted by Gasteiger charge is -2.13. The number of esters is 1. The molecule has 0 radical (unpaired) electrons. The lowest BCUT2D eigenvalue weighted by molar-refractivity contribution is -0.147. The normalized spacial score (nSPS) is 11.4. The van der Waals surface area contributed by atoms with E-state index in [2.05, 4.69) is 0 Å². The maximum atomic E-state index is 13.7. The molecule has 0 amide bonds. The van der Waals surface area contributed by atoms with Crippen LogP contribution < -0.4 is 0 Å². The summed E-state index contributed by atoms with van der Waals surface area (Å²) in [6.07, 6.45) is 0. The summed E-state index contributed by atoms with van der Waals surface area (Å²) in [6, 6.07) is 5.38. The monoisotopic (exact) mass is 249 g/mol. The molecule has 0 aliphatic heterocycles. The van der Waals surface area contributed by atoms with Gasteiger partial charge in [0.1, 0.15) is 17.5 Å². The van der Waals surface area contributed by atoms with Crippen molar-refractivity contribution in [3.05, 3.63) is 35.1 Å². The van der Waals surface area contributed by atoms with Crippen molar-refractivity contribution in [3.8, 4) is 6.07 Å². The molecule has 5 heteroatoms. The van der Waals surface area contributed by atoms with Crippen molar-refractivity contribution < 1.29 is 18.7 Å². The van der Waals surface area contributed by atoms with Gasteiger partial charge in [0.2, 0.25) is 0 Å². The third-order valence-electron chi connectivity index (χ3n) is 2.37. The van der Waals surface area contributed by atoms with Crippen molar-refractivity contribution >= 4 is 11.8 Å². The van der Waals surface area contributed by atoms with Crippen LogP contribution in [0.25, 0.3) is 0 Å². The molecule has 0 heterocycles. The van der Waals surface area contributed by atoms with Crippen LogP contribution >= 0.6 is 0 Å². The molecular weight excluding hydrogens is 237 g/mol. The van der Waals surface area contributed by atoms with E-state index in [1.807, 2.05) is 0 Å². The predicted octanol–water partition coefficient (Wildman–Crippen LogP) is 1.93. The van der Waals surface area contributed by atoms with Crippen LogP contribution in [0.2, 0.25) is 0 Å². The van der Waals surface area contributed by atoms with E-state index in [4.69, 9.17) is 10.00 Å². The first-order chi connectivity index (χ1) is 8.51. The fourth-order valence-corrected chi connectivity index (χ4v) is 1.57. The molecule has 4 nitrogen and oxygen atoms in total. The number of Topliss-reactive ketones (excluding diaryl/α,β-unsaturated/α-hetero) is 1. The summed E-state index contributed by atoms with van der Waals surface area (Å²) < 4.78 is 18.5. The van der Waals surface area contributed by atoms with E-state index in [-0.39, 0.29) is 17.7 Å². The average molecular weight is 249 g/mol. The number of nitrogens with zero attached hydrogens (tertiary/aromatic N) is 1. The maximum absolute atomic E-state index is 13.7. The molecule has 1 aromatic carbocycles. The van der Waals surface area contributed by atoms with E-state index in [0.29, 0.717) is 0 Å². The smallest absolute Gasteiger partial charge is 0.321 e. The molecule has 0 N–H and O–H groups in total. The van der Waals surface area contributed by atoms with Crippen molar-refractivity contribution in [1.29, 1.82) is 5.26 Å². The Labute approximate surface area is 104 Å². The first-order valence-corrected chi connectivity index (χ1v) is 5.37. The zero-order valence-corrected chi connectivity index (χ0v) is 10.1. The molecule has 0 spiro atoms. The zero-order valence-electron chi connectivity index (χ0n) is 10.1. The van der Waals surface area contributed by atoms with E-state index in [0.717, 1.165) is 6.07 Å². The quantitative estimate of drug-likeness (QED) is 0.604. The van der Waals surface area contributed by atoms with Gasteiger partial charge in [0, 0.05) is 5.56 Å². The minimum atomic E-state index is -1.28. The molecule has 94 valence electrons. The average Bonchev–Trinajstić information content (AvgIpc) is 2.31. The van der Waals surface area contributed by atoms with Gasteiger partial charge >= 0.3 is 5.97 Å². The molecule has 0 saturated carbocycles. The van der Waals surface area contributed by atoms with E-state index in [1.165, 1.54) is 19.1 Å². The number of carbonyl (C=O) groups is 2. The number of benzene rings is 1. The minimum absolute atomic E-state index is 0.0695. The Bertz CT molecular complexity index is 519. The Kier molecular flexibility index (Phi) is 4.55. The van der Waals surface area contributed by atoms with Crippen LogP contribution in [0.15, 0.2) is 18.2 Å². The Balaban J connectivity index is 3.19. The van der Waals surface area contributed by atoms with Gasteiger partial charge in [-0.3, -0.25) is 9.59 Å². The van der Waals surface area contributed by atoms with Crippen LogP contribution in [-0.2, 0) is 14.3 Å². The van der Waals surface area contributed by atoms with Crippen LogP contribution in [0, 0.1) is 17.1 Å². The van der Waals surface area contributed by atoms with Gasteiger partial charge in [0.15, 0.2) is 0 Å². The number of ether oxygens (including phenoxy) is 1. The topological polar surface area (TPSA) is 67.2 Å². The highest BCUT2D eigenvalue weighted by Gasteiger charge is 2.29. The Morgan fingerprint density at radius 1 is 1.50 bits per heavy atom. The summed E-state index contributed by atoms with van der Waals surface area (Å²) >= 11 is 0. The number of carbonyl (C=O) groups excluding carboxylic acids is 2. The number of hydrogen-bond acceptors (Lipinski definition) is 4. The van der Waals surface area contributed by atoms with Crippen molar-refractivity contribution in [3.63, 3.8) is 0 Å². The van der Waals surface area contributed by atoms with Gasteiger partial charge in [-0.05, 0) is 26.0 Å². The van der Waals surface area contributed by atoms with Gasteiger partial charge in [0.25, 0.3) is 0 Å². The summed E-state index contributed by atoms with van der Waals surface area (Å²) in [5.41, 5.74) is 0.0577. The van der Waals surface area contributed by atoms with Crippen LogP contribution in [0.5, 0.6) is 0 Å². The van der Waals surface area contributed by atoms with Gasteiger partial charge < -0.3 is 4.74 Å².